The molecule has 0 heterocycles. The fourth-order valence-corrected chi connectivity index (χ4v) is 1.54. The molecule has 0 atom stereocenters. The van der Waals surface area contributed by atoms with Gasteiger partial charge in [0.25, 0.3) is 0 Å². The van der Waals surface area contributed by atoms with E-state index in [1.807, 2.05) is 7.05 Å². The summed E-state index contributed by atoms with van der Waals surface area (Å²) in [5, 5.41) is 3.25. The minimum atomic E-state index is 0.555. The molecule has 0 aliphatic heterocycles. The van der Waals surface area contributed by atoms with Crippen LogP contribution in [0.5, 0.6) is 0 Å². The first kappa shape index (κ1) is 10.0. The van der Waals surface area contributed by atoms with E-state index in [1.54, 1.807) is 0 Å². The molecule has 12 heavy (non-hydrogen) atoms. The van der Waals surface area contributed by atoms with Crippen LogP contribution in [0.1, 0.15) is 39.0 Å². The zero-order chi connectivity index (χ0) is 8.81. The molecule has 0 aromatic rings. The summed E-state index contributed by atoms with van der Waals surface area (Å²) in [5.74, 6) is 0. The molecule has 0 aromatic carbocycles. The van der Waals surface area contributed by atoms with Gasteiger partial charge in [0.1, 0.15) is 0 Å². The summed E-state index contributed by atoms with van der Waals surface area (Å²) in [6.45, 7) is 3.19. The zero-order valence-electron chi connectivity index (χ0n) is 8.31. The molecule has 0 amide bonds. The van der Waals surface area contributed by atoms with E-state index in [0.29, 0.717) is 6.10 Å². The molecule has 1 rings (SSSR count). The Balaban J connectivity index is 1.83. The van der Waals surface area contributed by atoms with Crippen molar-refractivity contribution in [3.05, 3.63) is 0 Å². The van der Waals surface area contributed by atoms with Crippen molar-refractivity contribution in [1.82, 2.24) is 5.32 Å². The molecule has 2 nitrogen and oxygen atoms in total. The number of hydrogen-bond acceptors (Lipinski definition) is 2. The average Bonchev–Trinajstić information content (AvgIpc) is 2.01. The van der Waals surface area contributed by atoms with Crippen LogP contribution in [0.15, 0.2) is 0 Å². The largest absolute Gasteiger partial charge is 0.378 e. The minimum absolute atomic E-state index is 0.555. The van der Waals surface area contributed by atoms with Crippen LogP contribution in [0.2, 0.25) is 0 Å². The maximum atomic E-state index is 5.67. The maximum absolute atomic E-state index is 5.67. The Morgan fingerprint density at radius 1 is 1.33 bits per heavy atom. The van der Waals surface area contributed by atoms with Gasteiger partial charge in [-0.05, 0) is 26.3 Å². The van der Waals surface area contributed by atoms with Gasteiger partial charge in [-0.1, -0.05) is 19.8 Å². The van der Waals surface area contributed by atoms with Crippen LogP contribution >= 0.6 is 0 Å². The molecule has 1 saturated carbocycles. The highest BCUT2D eigenvalue weighted by Crippen LogP contribution is 2.22. The molecule has 0 saturated heterocycles. The number of nitrogens with one attached hydrogen (secondary N) is 1. The Hall–Kier alpha value is -0.0800. The van der Waals surface area contributed by atoms with E-state index in [-0.39, 0.29) is 0 Å². The monoisotopic (exact) mass is 171 g/mol. The summed E-state index contributed by atoms with van der Waals surface area (Å²) in [7, 11) is 2.03. The van der Waals surface area contributed by atoms with Gasteiger partial charge in [0, 0.05) is 12.6 Å². The lowest BCUT2D eigenvalue weighted by atomic mass is 9.89. The van der Waals surface area contributed by atoms with E-state index < -0.39 is 0 Å². The van der Waals surface area contributed by atoms with Crippen LogP contribution in [0.4, 0.5) is 0 Å². The summed E-state index contributed by atoms with van der Waals surface area (Å²) in [4.78, 5) is 0. The second-order valence-corrected chi connectivity index (χ2v) is 3.66. The smallest absolute Gasteiger partial charge is 0.0604 e. The summed E-state index contributed by atoms with van der Waals surface area (Å²) in [6, 6.07) is 0.723. The van der Waals surface area contributed by atoms with Gasteiger partial charge in [0.2, 0.25) is 0 Å². The van der Waals surface area contributed by atoms with Crippen molar-refractivity contribution in [2.24, 2.45) is 0 Å². The molecule has 0 unspecified atom stereocenters. The fraction of sp³-hybridized carbons (Fsp3) is 1.00. The van der Waals surface area contributed by atoms with E-state index in [4.69, 9.17) is 4.74 Å². The molecule has 72 valence electrons. The molecule has 1 aliphatic carbocycles. The molecular formula is C10H21NO. The quantitative estimate of drug-likeness (QED) is 0.617. The first-order chi connectivity index (χ1) is 5.86. The van der Waals surface area contributed by atoms with Gasteiger partial charge in [-0.25, -0.2) is 0 Å². The number of rotatable bonds is 6. The molecule has 1 N–H and O–H groups in total. The van der Waals surface area contributed by atoms with Gasteiger partial charge in [0.05, 0.1) is 6.10 Å². The third kappa shape index (κ3) is 3.11. The van der Waals surface area contributed by atoms with Crippen molar-refractivity contribution >= 4 is 0 Å². The SMILES string of the molecule is CCCCCOC1CC(NC)C1. The predicted molar refractivity (Wildman–Crippen MR) is 51.3 cm³/mol. The van der Waals surface area contributed by atoms with E-state index in [0.717, 1.165) is 12.6 Å². The van der Waals surface area contributed by atoms with E-state index in [9.17, 15) is 0 Å². The molecule has 0 aromatic heterocycles. The first-order valence-corrected chi connectivity index (χ1v) is 5.15. The zero-order valence-corrected chi connectivity index (χ0v) is 8.31. The van der Waals surface area contributed by atoms with Crippen LogP contribution in [-0.2, 0) is 4.74 Å². The molecular weight excluding hydrogens is 150 g/mol. The fourth-order valence-electron chi connectivity index (χ4n) is 1.54. The highest BCUT2D eigenvalue weighted by atomic mass is 16.5. The van der Waals surface area contributed by atoms with Crippen molar-refractivity contribution in [2.75, 3.05) is 13.7 Å². The van der Waals surface area contributed by atoms with Crippen molar-refractivity contribution < 1.29 is 4.74 Å². The van der Waals surface area contributed by atoms with Gasteiger partial charge >= 0.3 is 0 Å². The lowest BCUT2D eigenvalue weighted by Crippen LogP contribution is -2.43. The Bertz CT molecular complexity index is 110. The normalized spacial score (nSPS) is 28.5. The molecule has 0 bridgehead atoms. The average molecular weight is 171 g/mol. The summed E-state index contributed by atoms with van der Waals surface area (Å²) in [6.07, 6.45) is 6.80. The van der Waals surface area contributed by atoms with Crippen molar-refractivity contribution in [1.29, 1.82) is 0 Å². The summed E-state index contributed by atoms with van der Waals surface area (Å²) >= 11 is 0. The van der Waals surface area contributed by atoms with Crippen molar-refractivity contribution in [3.63, 3.8) is 0 Å². The van der Waals surface area contributed by atoms with Gasteiger partial charge in [-0.3, -0.25) is 0 Å². The van der Waals surface area contributed by atoms with E-state index >= 15 is 0 Å². The Morgan fingerprint density at radius 2 is 2.08 bits per heavy atom. The van der Waals surface area contributed by atoms with Gasteiger partial charge in [-0.2, -0.15) is 0 Å². The number of hydrogen-bond donors (Lipinski definition) is 1. The topological polar surface area (TPSA) is 21.3 Å². The third-order valence-corrected chi connectivity index (χ3v) is 2.60. The number of unbranched alkanes of at least 4 members (excludes halogenated alkanes) is 2. The molecule has 0 spiro atoms. The highest BCUT2D eigenvalue weighted by Gasteiger charge is 2.27. The Morgan fingerprint density at radius 3 is 2.67 bits per heavy atom. The molecule has 0 radical (unpaired) electrons. The van der Waals surface area contributed by atoms with Crippen LogP contribution in [0.25, 0.3) is 0 Å². The predicted octanol–water partition coefficient (Wildman–Crippen LogP) is 1.94. The van der Waals surface area contributed by atoms with E-state index in [2.05, 4.69) is 12.2 Å². The summed E-state index contributed by atoms with van der Waals surface area (Å²) in [5.41, 5.74) is 0. The number of ether oxygens (including phenoxy) is 1. The Labute approximate surface area is 75.7 Å². The first-order valence-electron chi connectivity index (χ1n) is 5.15. The summed E-state index contributed by atoms with van der Waals surface area (Å²) < 4.78 is 5.67. The lowest BCUT2D eigenvalue weighted by molar-refractivity contribution is -0.0162. The Kier molecular flexibility index (Phi) is 4.62. The van der Waals surface area contributed by atoms with Crippen LogP contribution in [-0.4, -0.2) is 25.8 Å². The maximum Gasteiger partial charge on any atom is 0.0604 e. The van der Waals surface area contributed by atoms with Crippen molar-refractivity contribution in [3.8, 4) is 0 Å². The third-order valence-electron chi connectivity index (χ3n) is 2.60. The van der Waals surface area contributed by atoms with Gasteiger partial charge in [0.15, 0.2) is 0 Å². The molecule has 1 fully saturated rings. The second kappa shape index (κ2) is 5.55. The molecule has 2 heteroatoms. The van der Waals surface area contributed by atoms with Gasteiger partial charge in [-0.15, -0.1) is 0 Å². The standard InChI is InChI=1S/C10H21NO/c1-3-4-5-6-12-10-7-9(8-10)11-2/h9-11H,3-8H2,1-2H3. The lowest BCUT2D eigenvalue weighted by Gasteiger charge is -2.34. The van der Waals surface area contributed by atoms with Crippen LogP contribution in [0.3, 0.4) is 0 Å². The van der Waals surface area contributed by atoms with Crippen LogP contribution in [0, 0.1) is 0 Å². The van der Waals surface area contributed by atoms with Crippen LogP contribution < -0.4 is 5.32 Å². The highest BCUT2D eigenvalue weighted by molar-refractivity contribution is 4.84. The van der Waals surface area contributed by atoms with Gasteiger partial charge < -0.3 is 10.1 Å². The molecule has 1 aliphatic rings. The van der Waals surface area contributed by atoms with E-state index in [1.165, 1.54) is 32.1 Å². The van der Waals surface area contributed by atoms with Crippen molar-refractivity contribution in [2.45, 2.75) is 51.2 Å². The second-order valence-electron chi connectivity index (χ2n) is 3.66. The minimum Gasteiger partial charge on any atom is -0.378 e.